The van der Waals surface area contributed by atoms with Crippen molar-refractivity contribution in [1.82, 2.24) is 9.80 Å². The molecule has 4 nitrogen and oxygen atoms in total. The highest BCUT2D eigenvalue weighted by Gasteiger charge is 2.20. The summed E-state index contributed by atoms with van der Waals surface area (Å²) in [5.74, 6) is 0.806. The van der Waals surface area contributed by atoms with Crippen LogP contribution in [0.25, 0.3) is 0 Å². The van der Waals surface area contributed by atoms with Crippen molar-refractivity contribution < 1.29 is 9.53 Å². The molecule has 0 bridgehead atoms. The number of halogens is 1. The van der Waals surface area contributed by atoms with Gasteiger partial charge < -0.3 is 9.64 Å². The average Bonchev–Trinajstić information content (AvgIpc) is 2.87. The van der Waals surface area contributed by atoms with E-state index < -0.39 is 0 Å². The summed E-state index contributed by atoms with van der Waals surface area (Å²) in [5, 5.41) is 0. The van der Waals surface area contributed by atoms with Gasteiger partial charge in [-0.15, -0.1) is 0 Å². The van der Waals surface area contributed by atoms with E-state index in [-0.39, 0.29) is 5.91 Å². The van der Waals surface area contributed by atoms with Crippen LogP contribution in [-0.4, -0.2) is 49.0 Å². The standard InChI is InChI=1S/C20H23BrN2O2/c1-25-19-8-3-6-17(14-19)20(24)23-10-4-9-22(11-12-23)15-16-5-2-7-18(21)13-16/h2-3,5-8,13-14H,4,9-12,15H2,1H3. The number of methoxy groups -OCH3 is 1. The van der Waals surface area contributed by atoms with Gasteiger partial charge in [0.1, 0.15) is 5.75 Å². The number of rotatable bonds is 4. The Labute approximate surface area is 157 Å². The van der Waals surface area contributed by atoms with E-state index in [1.165, 1.54) is 5.56 Å². The van der Waals surface area contributed by atoms with Gasteiger partial charge in [-0.1, -0.05) is 34.1 Å². The summed E-state index contributed by atoms with van der Waals surface area (Å²) in [7, 11) is 1.62. The van der Waals surface area contributed by atoms with E-state index in [9.17, 15) is 4.79 Å². The van der Waals surface area contributed by atoms with Crippen LogP contribution in [0.5, 0.6) is 5.75 Å². The molecular formula is C20H23BrN2O2. The quantitative estimate of drug-likeness (QED) is 0.779. The van der Waals surface area contributed by atoms with Gasteiger partial charge in [-0.2, -0.15) is 0 Å². The van der Waals surface area contributed by atoms with Gasteiger partial charge in [0.25, 0.3) is 5.91 Å². The zero-order valence-electron chi connectivity index (χ0n) is 14.5. The number of carbonyl (C=O) groups excluding carboxylic acids is 1. The lowest BCUT2D eigenvalue weighted by Gasteiger charge is -2.22. The third-order valence-electron chi connectivity index (χ3n) is 4.49. The van der Waals surface area contributed by atoms with Crippen LogP contribution in [0.2, 0.25) is 0 Å². The first-order valence-corrected chi connectivity index (χ1v) is 9.35. The normalized spacial score (nSPS) is 15.7. The highest BCUT2D eigenvalue weighted by Crippen LogP contribution is 2.17. The molecule has 0 spiro atoms. The fourth-order valence-electron chi connectivity index (χ4n) is 3.16. The molecule has 0 unspecified atom stereocenters. The Kier molecular flexibility index (Phi) is 6.10. The topological polar surface area (TPSA) is 32.8 Å². The summed E-state index contributed by atoms with van der Waals surface area (Å²) in [4.78, 5) is 17.1. The smallest absolute Gasteiger partial charge is 0.254 e. The first kappa shape index (κ1) is 18.0. The lowest BCUT2D eigenvalue weighted by Crippen LogP contribution is -2.35. The molecule has 1 fully saturated rings. The number of hydrogen-bond donors (Lipinski definition) is 0. The van der Waals surface area contributed by atoms with Crippen LogP contribution in [0.15, 0.2) is 53.0 Å². The molecule has 3 rings (SSSR count). The molecule has 0 radical (unpaired) electrons. The van der Waals surface area contributed by atoms with Gasteiger partial charge in [0.05, 0.1) is 7.11 Å². The second kappa shape index (κ2) is 8.50. The number of ether oxygens (including phenoxy) is 1. The summed E-state index contributed by atoms with van der Waals surface area (Å²) in [6.07, 6.45) is 0.990. The van der Waals surface area contributed by atoms with Crippen molar-refractivity contribution >= 4 is 21.8 Å². The van der Waals surface area contributed by atoms with E-state index in [0.717, 1.165) is 49.4 Å². The maximum Gasteiger partial charge on any atom is 0.254 e. The largest absolute Gasteiger partial charge is 0.497 e. The fourth-order valence-corrected chi connectivity index (χ4v) is 3.61. The molecule has 0 N–H and O–H groups in total. The minimum atomic E-state index is 0.0863. The van der Waals surface area contributed by atoms with E-state index in [1.54, 1.807) is 7.11 Å². The molecule has 1 saturated heterocycles. The van der Waals surface area contributed by atoms with Crippen LogP contribution in [0.4, 0.5) is 0 Å². The Balaban J connectivity index is 1.61. The van der Waals surface area contributed by atoms with Crippen molar-refractivity contribution in [3.05, 3.63) is 64.1 Å². The Bertz CT molecular complexity index is 735. The molecule has 0 saturated carbocycles. The SMILES string of the molecule is COc1cccc(C(=O)N2CCCN(Cc3cccc(Br)c3)CC2)c1. The first-order chi connectivity index (χ1) is 12.2. The molecular weight excluding hydrogens is 380 g/mol. The highest BCUT2D eigenvalue weighted by atomic mass is 79.9. The Morgan fingerprint density at radius 1 is 1.08 bits per heavy atom. The summed E-state index contributed by atoms with van der Waals surface area (Å²) in [6, 6.07) is 15.8. The van der Waals surface area contributed by atoms with Crippen LogP contribution in [0, 0.1) is 0 Å². The summed E-state index contributed by atoms with van der Waals surface area (Å²) >= 11 is 3.53. The van der Waals surface area contributed by atoms with Crippen molar-refractivity contribution in [1.29, 1.82) is 0 Å². The zero-order chi connectivity index (χ0) is 17.6. The van der Waals surface area contributed by atoms with E-state index in [4.69, 9.17) is 4.74 Å². The zero-order valence-corrected chi connectivity index (χ0v) is 16.0. The molecule has 5 heteroatoms. The second-order valence-corrected chi connectivity index (χ2v) is 7.20. The summed E-state index contributed by atoms with van der Waals surface area (Å²) in [5.41, 5.74) is 1.99. The van der Waals surface area contributed by atoms with Crippen LogP contribution in [-0.2, 0) is 6.54 Å². The van der Waals surface area contributed by atoms with Crippen molar-refractivity contribution in [2.45, 2.75) is 13.0 Å². The minimum Gasteiger partial charge on any atom is -0.497 e. The Hall–Kier alpha value is -1.85. The van der Waals surface area contributed by atoms with Gasteiger partial charge in [0.2, 0.25) is 0 Å². The Morgan fingerprint density at radius 2 is 1.92 bits per heavy atom. The Morgan fingerprint density at radius 3 is 2.72 bits per heavy atom. The molecule has 25 heavy (non-hydrogen) atoms. The van der Waals surface area contributed by atoms with E-state index in [2.05, 4.69) is 39.0 Å². The fraction of sp³-hybridized carbons (Fsp3) is 0.350. The van der Waals surface area contributed by atoms with E-state index in [1.807, 2.05) is 35.2 Å². The number of nitrogens with zero attached hydrogens (tertiary/aromatic N) is 2. The van der Waals surface area contributed by atoms with Crippen molar-refractivity contribution in [2.24, 2.45) is 0 Å². The first-order valence-electron chi connectivity index (χ1n) is 8.56. The minimum absolute atomic E-state index is 0.0863. The maximum absolute atomic E-state index is 12.8. The predicted molar refractivity (Wildman–Crippen MR) is 103 cm³/mol. The molecule has 1 heterocycles. The van der Waals surface area contributed by atoms with Crippen LogP contribution >= 0.6 is 15.9 Å². The van der Waals surface area contributed by atoms with Crippen molar-refractivity contribution in [3.63, 3.8) is 0 Å². The van der Waals surface area contributed by atoms with Gasteiger partial charge in [0.15, 0.2) is 0 Å². The van der Waals surface area contributed by atoms with Gasteiger partial charge in [-0.25, -0.2) is 0 Å². The van der Waals surface area contributed by atoms with Gasteiger partial charge in [-0.05, 0) is 42.3 Å². The third kappa shape index (κ3) is 4.83. The van der Waals surface area contributed by atoms with E-state index >= 15 is 0 Å². The van der Waals surface area contributed by atoms with Gasteiger partial charge >= 0.3 is 0 Å². The molecule has 2 aromatic rings. The second-order valence-electron chi connectivity index (χ2n) is 6.28. The van der Waals surface area contributed by atoms with E-state index in [0.29, 0.717) is 5.56 Å². The molecule has 2 aromatic carbocycles. The lowest BCUT2D eigenvalue weighted by molar-refractivity contribution is 0.0760. The van der Waals surface area contributed by atoms with Crippen LogP contribution < -0.4 is 4.74 Å². The number of benzene rings is 2. The molecule has 1 aliphatic rings. The summed E-state index contributed by atoms with van der Waals surface area (Å²) < 4.78 is 6.33. The molecule has 0 atom stereocenters. The lowest BCUT2D eigenvalue weighted by atomic mass is 10.2. The summed E-state index contributed by atoms with van der Waals surface area (Å²) in [6.45, 7) is 4.37. The maximum atomic E-state index is 12.8. The number of carbonyl (C=O) groups is 1. The van der Waals surface area contributed by atoms with Crippen LogP contribution in [0.1, 0.15) is 22.3 Å². The van der Waals surface area contributed by atoms with Crippen molar-refractivity contribution in [3.8, 4) is 5.75 Å². The third-order valence-corrected chi connectivity index (χ3v) is 4.98. The number of amides is 1. The molecule has 1 amide bonds. The van der Waals surface area contributed by atoms with Gasteiger partial charge in [0, 0.05) is 42.8 Å². The van der Waals surface area contributed by atoms with Crippen molar-refractivity contribution in [2.75, 3.05) is 33.3 Å². The molecule has 0 aromatic heterocycles. The number of hydrogen-bond acceptors (Lipinski definition) is 3. The highest BCUT2D eigenvalue weighted by molar-refractivity contribution is 9.10. The molecule has 1 aliphatic heterocycles. The molecule has 132 valence electrons. The average molecular weight is 403 g/mol. The van der Waals surface area contributed by atoms with Crippen LogP contribution in [0.3, 0.4) is 0 Å². The molecule has 0 aliphatic carbocycles. The predicted octanol–water partition coefficient (Wildman–Crippen LogP) is 3.81. The monoisotopic (exact) mass is 402 g/mol. The van der Waals surface area contributed by atoms with Gasteiger partial charge in [-0.3, -0.25) is 9.69 Å².